The van der Waals surface area contributed by atoms with Gasteiger partial charge in [0.05, 0.1) is 30.5 Å². The highest BCUT2D eigenvalue weighted by Gasteiger charge is 2.20. The number of aromatic nitrogens is 4. The molecule has 1 aliphatic heterocycles. The van der Waals surface area contributed by atoms with Crippen molar-refractivity contribution in [2.24, 2.45) is 0 Å². The maximum absolute atomic E-state index is 12.7. The molecule has 0 radical (unpaired) electrons. The van der Waals surface area contributed by atoms with E-state index in [0.29, 0.717) is 12.8 Å². The smallest absolute Gasteiger partial charge is 0.147 e. The molecule has 0 atom stereocenters. The Balaban J connectivity index is 1.12. The van der Waals surface area contributed by atoms with E-state index in [9.17, 15) is 4.79 Å². The van der Waals surface area contributed by atoms with E-state index in [1.165, 1.54) is 0 Å². The number of ether oxygens (including phenoxy) is 1. The molecule has 2 aromatic heterocycles. The zero-order valence-corrected chi connectivity index (χ0v) is 22.4. The van der Waals surface area contributed by atoms with Crippen LogP contribution >= 0.6 is 0 Å². The van der Waals surface area contributed by atoms with Crippen molar-refractivity contribution >= 4 is 28.5 Å². The fourth-order valence-corrected chi connectivity index (χ4v) is 5.07. The van der Waals surface area contributed by atoms with Crippen molar-refractivity contribution < 1.29 is 9.53 Å². The second-order valence-electron chi connectivity index (χ2n) is 9.91. The quantitative estimate of drug-likeness (QED) is 0.284. The Morgan fingerprint density at radius 3 is 2.25 bits per heavy atom. The summed E-state index contributed by atoms with van der Waals surface area (Å²) < 4.78 is 5.27. The Morgan fingerprint density at radius 2 is 1.50 bits per heavy atom. The average Bonchev–Trinajstić information content (AvgIpc) is 3.01. The molecule has 0 aliphatic carbocycles. The van der Waals surface area contributed by atoms with Crippen LogP contribution in [0, 0.1) is 0 Å². The minimum Gasteiger partial charge on any atom is -0.497 e. The van der Waals surface area contributed by atoms with Crippen LogP contribution in [-0.4, -0.2) is 59.0 Å². The number of methoxy groups -OCH3 is 1. The van der Waals surface area contributed by atoms with Crippen molar-refractivity contribution in [3.63, 3.8) is 0 Å². The molecule has 3 heterocycles. The lowest BCUT2D eigenvalue weighted by Gasteiger charge is -2.35. The third-order valence-electron chi connectivity index (χ3n) is 7.23. The maximum atomic E-state index is 12.7. The first kappa shape index (κ1) is 25.4. The summed E-state index contributed by atoms with van der Waals surface area (Å²) in [7, 11) is 1.63. The van der Waals surface area contributed by atoms with Crippen molar-refractivity contribution in [1.29, 1.82) is 0 Å². The van der Waals surface area contributed by atoms with E-state index in [0.717, 1.165) is 76.9 Å². The normalized spacial score (nSPS) is 13.4. The largest absolute Gasteiger partial charge is 0.497 e. The molecule has 1 saturated heterocycles. The monoisotopic (exact) mass is 530 g/mol. The minimum atomic E-state index is 0.173. The Bertz CT molecular complexity index is 1620. The lowest BCUT2D eigenvalue weighted by atomic mass is 9.99. The van der Waals surface area contributed by atoms with Crippen LogP contribution in [0.1, 0.15) is 11.1 Å². The molecule has 3 aromatic carbocycles. The van der Waals surface area contributed by atoms with E-state index in [1.807, 2.05) is 48.7 Å². The number of benzene rings is 3. The van der Waals surface area contributed by atoms with Crippen LogP contribution in [0.25, 0.3) is 22.2 Å². The van der Waals surface area contributed by atoms with Crippen LogP contribution in [0.3, 0.4) is 0 Å². The Kier molecular flexibility index (Phi) is 7.30. The van der Waals surface area contributed by atoms with E-state index >= 15 is 0 Å². The molecule has 1 fully saturated rings. The fourth-order valence-electron chi connectivity index (χ4n) is 5.07. The van der Waals surface area contributed by atoms with Gasteiger partial charge in [0.1, 0.15) is 23.2 Å². The van der Waals surface area contributed by atoms with Gasteiger partial charge in [0.2, 0.25) is 0 Å². The first-order valence-electron chi connectivity index (χ1n) is 13.4. The molecule has 5 aromatic rings. The first-order chi connectivity index (χ1) is 19.6. The molecular formula is C32H30N6O2. The molecule has 8 heteroatoms. The fraction of sp³-hybridized carbons (Fsp3) is 0.219. The summed E-state index contributed by atoms with van der Waals surface area (Å²) in [5.41, 5.74) is 5.84. The van der Waals surface area contributed by atoms with Crippen LogP contribution in [-0.2, 0) is 17.6 Å². The van der Waals surface area contributed by atoms with E-state index in [4.69, 9.17) is 9.72 Å². The Labute approximate surface area is 233 Å². The molecule has 1 aliphatic rings. The van der Waals surface area contributed by atoms with Gasteiger partial charge in [0.25, 0.3) is 0 Å². The number of nitrogens with zero attached hydrogens (tertiary/aromatic N) is 6. The van der Waals surface area contributed by atoms with Gasteiger partial charge in [0.15, 0.2) is 0 Å². The van der Waals surface area contributed by atoms with Crippen LogP contribution < -0.4 is 14.5 Å². The van der Waals surface area contributed by atoms with Crippen LogP contribution in [0.15, 0.2) is 91.5 Å². The van der Waals surface area contributed by atoms with Gasteiger partial charge in [-0.15, -0.1) is 0 Å². The number of carbonyl (C=O) groups excluding carboxylic acids is 1. The molecule has 40 heavy (non-hydrogen) atoms. The van der Waals surface area contributed by atoms with Crippen molar-refractivity contribution in [3.05, 3.63) is 103 Å². The lowest BCUT2D eigenvalue weighted by Crippen LogP contribution is -2.47. The lowest BCUT2D eigenvalue weighted by molar-refractivity contribution is -0.117. The summed E-state index contributed by atoms with van der Waals surface area (Å²) in [5, 5.41) is 0. The van der Waals surface area contributed by atoms with Crippen LogP contribution in [0.5, 0.6) is 5.75 Å². The summed E-state index contributed by atoms with van der Waals surface area (Å²) in [5.74, 6) is 2.73. The summed E-state index contributed by atoms with van der Waals surface area (Å²) in [6, 6.07) is 22.0. The summed E-state index contributed by atoms with van der Waals surface area (Å²) in [4.78, 5) is 35.4. The highest BCUT2D eigenvalue weighted by Crippen LogP contribution is 2.26. The van der Waals surface area contributed by atoms with Crippen molar-refractivity contribution in [1.82, 2.24) is 19.9 Å². The number of fused-ring (bicyclic) bond motifs is 1. The van der Waals surface area contributed by atoms with E-state index in [-0.39, 0.29) is 5.78 Å². The Morgan fingerprint density at radius 1 is 0.750 bits per heavy atom. The van der Waals surface area contributed by atoms with Crippen molar-refractivity contribution in [2.75, 3.05) is 43.1 Å². The highest BCUT2D eigenvalue weighted by atomic mass is 16.5. The van der Waals surface area contributed by atoms with Gasteiger partial charge in [-0.05, 0) is 46.5 Å². The standard InChI is InChI=1S/C32H30N6O2/c1-40-28-4-2-3-24(19-28)18-27(39)17-23-5-7-25(8-6-23)26-9-10-29-30(20-26)36-32(22-35-29)38-15-13-37(14-16-38)31-21-33-11-12-34-31/h2-12,19-22H,13-18H2,1H3. The number of hydrogen-bond donors (Lipinski definition) is 0. The number of Topliss-reactive ketones (excluding diaryl/α,β-unsaturated/α-hetero) is 1. The van der Waals surface area contributed by atoms with Gasteiger partial charge in [-0.2, -0.15) is 0 Å². The third kappa shape index (κ3) is 5.76. The molecule has 0 unspecified atom stereocenters. The van der Waals surface area contributed by atoms with Crippen molar-refractivity contribution in [2.45, 2.75) is 12.8 Å². The van der Waals surface area contributed by atoms with E-state index in [1.54, 1.807) is 25.7 Å². The molecule has 6 rings (SSSR count). The predicted molar refractivity (Wildman–Crippen MR) is 157 cm³/mol. The van der Waals surface area contributed by atoms with Crippen molar-refractivity contribution in [3.8, 4) is 16.9 Å². The van der Waals surface area contributed by atoms with Crippen LogP contribution in [0.4, 0.5) is 11.6 Å². The van der Waals surface area contributed by atoms with E-state index in [2.05, 4.69) is 49.0 Å². The molecule has 200 valence electrons. The molecule has 0 bridgehead atoms. The van der Waals surface area contributed by atoms with Crippen LogP contribution in [0.2, 0.25) is 0 Å². The minimum absolute atomic E-state index is 0.173. The number of piperazine rings is 1. The topological polar surface area (TPSA) is 84.3 Å². The summed E-state index contributed by atoms with van der Waals surface area (Å²) in [6.07, 6.45) is 7.87. The highest BCUT2D eigenvalue weighted by molar-refractivity contribution is 5.84. The van der Waals surface area contributed by atoms with Gasteiger partial charge in [-0.1, -0.05) is 42.5 Å². The summed E-state index contributed by atoms with van der Waals surface area (Å²) in [6.45, 7) is 3.39. The SMILES string of the molecule is COc1cccc(CC(=O)Cc2ccc(-c3ccc4ncc(N5CCN(c6cnccn6)CC5)nc4c3)cc2)c1. The first-order valence-corrected chi connectivity index (χ1v) is 13.4. The van der Waals surface area contributed by atoms with Gasteiger partial charge in [-0.25, -0.2) is 9.97 Å². The van der Waals surface area contributed by atoms with Gasteiger partial charge >= 0.3 is 0 Å². The molecule has 0 saturated carbocycles. The summed E-state index contributed by atoms with van der Waals surface area (Å²) >= 11 is 0. The molecule has 0 spiro atoms. The number of carbonyl (C=O) groups is 1. The maximum Gasteiger partial charge on any atom is 0.147 e. The van der Waals surface area contributed by atoms with Gasteiger partial charge < -0.3 is 14.5 Å². The zero-order valence-electron chi connectivity index (χ0n) is 22.4. The third-order valence-corrected chi connectivity index (χ3v) is 7.23. The number of anilines is 2. The number of ketones is 1. The molecular weight excluding hydrogens is 500 g/mol. The molecule has 8 nitrogen and oxygen atoms in total. The number of rotatable bonds is 8. The van der Waals surface area contributed by atoms with Gasteiger partial charge in [-0.3, -0.25) is 14.8 Å². The average molecular weight is 531 g/mol. The molecule has 0 amide bonds. The second kappa shape index (κ2) is 11.5. The Hall–Kier alpha value is -4.85. The second-order valence-corrected chi connectivity index (χ2v) is 9.91. The zero-order chi connectivity index (χ0) is 27.3. The number of hydrogen-bond acceptors (Lipinski definition) is 8. The molecule has 0 N–H and O–H groups in total. The van der Waals surface area contributed by atoms with Gasteiger partial charge in [0, 0.05) is 51.4 Å². The van der Waals surface area contributed by atoms with E-state index < -0.39 is 0 Å². The predicted octanol–water partition coefficient (Wildman–Crippen LogP) is 4.78.